The number of ether oxygens (including phenoxy) is 2. The number of benzene rings is 2. The van der Waals surface area contributed by atoms with Crippen LogP contribution in [0.5, 0.6) is 11.5 Å². The van der Waals surface area contributed by atoms with Gasteiger partial charge in [-0.3, -0.25) is 4.79 Å². The SMILES string of the molecule is COc1ccc(Cl)cc1C(=O)c1cccc2c1OCCC2. The first-order valence-corrected chi connectivity index (χ1v) is 7.21. The second kappa shape index (κ2) is 5.78. The minimum absolute atomic E-state index is 0.131. The highest BCUT2D eigenvalue weighted by Crippen LogP contribution is 2.33. The zero-order chi connectivity index (χ0) is 14.8. The maximum atomic E-state index is 12.8. The Morgan fingerprint density at radius 2 is 2.10 bits per heavy atom. The molecule has 0 fully saturated rings. The minimum atomic E-state index is -0.131. The second-order valence-corrected chi connectivity index (χ2v) is 5.36. The topological polar surface area (TPSA) is 35.5 Å². The Balaban J connectivity index is 2.09. The maximum absolute atomic E-state index is 12.8. The number of halogens is 1. The van der Waals surface area contributed by atoms with Crippen molar-refractivity contribution in [1.82, 2.24) is 0 Å². The molecule has 0 spiro atoms. The van der Waals surface area contributed by atoms with Gasteiger partial charge in [0.05, 0.1) is 24.8 Å². The molecule has 0 amide bonds. The van der Waals surface area contributed by atoms with Gasteiger partial charge in [0, 0.05) is 5.02 Å². The lowest BCUT2D eigenvalue weighted by Gasteiger charge is -2.20. The van der Waals surface area contributed by atoms with E-state index in [0.717, 1.165) is 18.4 Å². The highest BCUT2D eigenvalue weighted by Gasteiger charge is 2.22. The lowest BCUT2D eigenvalue weighted by Crippen LogP contribution is -2.13. The third kappa shape index (κ3) is 2.61. The van der Waals surface area contributed by atoms with Gasteiger partial charge in [0.15, 0.2) is 0 Å². The van der Waals surface area contributed by atoms with Crippen LogP contribution in [0.3, 0.4) is 0 Å². The summed E-state index contributed by atoms with van der Waals surface area (Å²) in [6, 6.07) is 10.7. The predicted molar refractivity (Wildman–Crippen MR) is 81.7 cm³/mol. The van der Waals surface area contributed by atoms with E-state index in [0.29, 0.717) is 34.3 Å². The minimum Gasteiger partial charge on any atom is -0.496 e. The van der Waals surface area contributed by atoms with E-state index >= 15 is 0 Å². The van der Waals surface area contributed by atoms with E-state index in [9.17, 15) is 4.79 Å². The molecule has 0 radical (unpaired) electrons. The molecule has 3 nitrogen and oxygen atoms in total. The molecule has 0 aliphatic carbocycles. The predicted octanol–water partition coefficient (Wildman–Crippen LogP) is 3.90. The fourth-order valence-electron chi connectivity index (χ4n) is 2.57. The fraction of sp³-hybridized carbons (Fsp3) is 0.235. The zero-order valence-electron chi connectivity index (χ0n) is 11.7. The van der Waals surface area contributed by atoms with Gasteiger partial charge in [-0.15, -0.1) is 0 Å². The molecule has 0 atom stereocenters. The van der Waals surface area contributed by atoms with Gasteiger partial charge < -0.3 is 9.47 Å². The Hall–Kier alpha value is -2.00. The summed E-state index contributed by atoms with van der Waals surface area (Å²) in [7, 11) is 1.54. The van der Waals surface area contributed by atoms with Crippen LogP contribution in [0.4, 0.5) is 0 Å². The number of fused-ring (bicyclic) bond motifs is 1. The van der Waals surface area contributed by atoms with Crippen molar-refractivity contribution in [2.45, 2.75) is 12.8 Å². The summed E-state index contributed by atoms with van der Waals surface area (Å²) in [6.07, 6.45) is 1.91. The van der Waals surface area contributed by atoms with Crippen molar-refractivity contribution in [3.05, 3.63) is 58.1 Å². The molecule has 21 heavy (non-hydrogen) atoms. The molecular formula is C17H15ClO3. The van der Waals surface area contributed by atoms with E-state index in [-0.39, 0.29) is 5.78 Å². The van der Waals surface area contributed by atoms with Crippen LogP contribution >= 0.6 is 11.6 Å². The number of ketones is 1. The molecule has 108 valence electrons. The van der Waals surface area contributed by atoms with Crippen molar-refractivity contribution in [1.29, 1.82) is 0 Å². The lowest BCUT2D eigenvalue weighted by atomic mass is 9.96. The van der Waals surface area contributed by atoms with Crippen molar-refractivity contribution < 1.29 is 14.3 Å². The number of para-hydroxylation sites is 1. The molecule has 0 bridgehead atoms. The molecule has 4 heteroatoms. The molecule has 2 aromatic carbocycles. The number of hydrogen-bond donors (Lipinski definition) is 0. The van der Waals surface area contributed by atoms with Crippen LogP contribution in [0.15, 0.2) is 36.4 Å². The van der Waals surface area contributed by atoms with Gasteiger partial charge in [0.1, 0.15) is 11.5 Å². The number of carbonyl (C=O) groups is 1. The van der Waals surface area contributed by atoms with Gasteiger partial charge in [-0.1, -0.05) is 23.7 Å². The Kier molecular flexibility index (Phi) is 3.84. The van der Waals surface area contributed by atoms with Crippen molar-refractivity contribution >= 4 is 17.4 Å². The fourth-order valence-corrected chi connectivity index (χ4v) is 2.74. The normalized spacial score (nSPS) is 13.2. The van der Waals surface area contributed by atoms with Crippen LogP contribution in [0.1, 0.15) is 27.9 Å². The quantitative estimate of drug-likeness (QED) is 0.807. The third-order valence-corrected chi connectivity index (χ3v) is 3.82. The first kappa shape index (κ1) is 14.0. The van der Waals surface area contributed by atoms with E-state index in [2.05, 4.69) is 0 Å². The molecule has 2 aromatic rings. The van der Waals surface area contributed by atoms with Crippen LogP contribution in [-0.2, 0) is 6.42 Å². The van der Waals surface area contributed by atoms with Gasteiger partial charge in [0.25, 0.3) is 0 Å². The molecule has 3 rings (SSSR count). The average molecular weight is 303 g/mol. The molecule has 0 N–H and O–H groups in total. The Morgan fingerprint density at radius 1 is 1.24 bits per heavy atom. The van der Waals surface area contributed by atoms with E-state index in [1.54, 1.807) is 24.3 Å². The molecule has 0 unspecified atom stereocenters. The summed E-state index contributed by atoms with van der Waals surface area (Å²) in [4.78, 5) is 12.8. The molecule has 0 aromatic heterocycles. The Labute approximate surface area is 128 Å². The van der Waals surface area contributed by atoms with E-state index in [4.69, 9.17) is 21.1 Å². The highest BCUT2D eigenvalue weighted by molar-refractivity contribution is 6.31. The molecule has 1 aliphatic heterocycles. The molecule has 1 aliphatic rings. The largest absolute Gasteiger partial charge is 0.496 e. The van der Waals surface area contributed by atoms with Crippen LogP contribution < -0.4 is 9.47 Å². The van der Waals surface area contributed by atoms with Crippen molar-refractivity contribution in [3.63, 3.8) is 0 Å². The number of aryl methyl sites for hydroxylation is 1. The zero-order valence-corrected chi connectivity index (χ0v) is 12.4. The molecule has 0 saturated carbocycles. The van der Waals surface area contributed by atoms with E-state index < -0.39 is 0 Å². The number of methoxy groups -OCH3 is 1. The Bertz CT molecular complexity index is 694. The van der Waals surface area contributed by atoms with Gasteiger partial charge >= 0.3 is 0 Å². The number of hydrogen-bond acceptors (Lipinski definition) is 3. The molecule has 0 saturated heterocycles. The first-order chi connectivity index (χ1) is 10.2. The third-order valence-electron chi connectivity index (χ3n) is 3.58. The van der Waals surface area contributed by atoms with Crippen molar-refractivity contribution in [2.75, 3.05) is 13.7 Å². The summed E-state index contributed by atoms with van der Waals surface area (Å²) >= 11 is 6.01. The highest BCUT2D eigenvalue weighted by atomic mass is 35.5. The Morgan fingerprint density at radius 3 is 2.90 bits per heavy atom. The van der Waals surface area contributed by atoms with Crippen molar-refractivity contribution in [2.24, 2.45) is 0 Å². The monoisotopic (exact) mass is 302 g/mol. The average Bonchev–Trinajstić information content (AvgIpc) is 2.53. The van der Waals surface area contributed by atoms with Crippen molar-refractivity contribution in [3.8, 4) is 11.5 Å². The second-order valence-electron chi connectivity index (χ2n) is 4.92. The van der Waals surface area contributed by atoms with Gasteiger partial charge in [-0.2, -0.15) is 0 Å². The van der Waals surface area contributed by atoms with Crippen LogP contribution in [-0.4, -0.2) is 19.5 Å². The lowest BCUT2D eigenvalue weighted by molar-refractivity contribution is 0.103. The molecular weight excluding hydrogens is 288 g/mol. The standard InChI is InChI=1S/C17H15ClO3/c1-20-15-8-7-12(18)10-14(15)16(19)13-6-2-4-11-5-3-9-21-17(11)13/h2,4,6-8,10H,3,5,9H2,1H3. The van der Waals surface area contributed by atoms with E-state index in [1.807, 2.05) is 12.1 Å². The number of rotatable bonds is 3. The maximum Gasteiger partial charge on any atom is 0.200 e. The summed E-state index contributed by atoms with van der Waals surface area (Å²) in [5, 5.41) is 0.505. The van der Waals surface area contributed by atoms with Crippen LogP contribution in [0.25, 0.3) is 0 Å². The van der Waals surface area contributed by atoms with E-state index in [1.165, 1.54) is 7.11 Å². The molecule has 1 heterocycles. The first-order valence-electron chi connectivity index (χ1n) is 6.83. The van der Waals surface area contributed by atoms with Crippen LogP contribution in [0, 0.1) is 0 Å². The summed E-state index contributed by atoms with van der Waals surface area (Å²) in [5.74, 6) is 1.07. The van der Waals surface area contributed by atoms with Gasteiger partial charge in [-0.05, 0) is 42.7 Å². The summed E-state index contributed by atoms with van der Waals surface area (Å²) in [6.45, 7) is 0.643. The van der Waals surface area contributed by atoms with Crippen LogP contribution in [0.2, 0.25) is 5.02 Å². The number of carbonyl (C=O) groups excluding carboxylic acids is 1. The van der Waals surface area contributed by atoms with Gasteiger partial charge in [0.2, 0.25) is 5.78 Å². The smallest absolute Gasteiger partial charge is 0.200 e. The summed E-state index contributed by atoms with van der Waals surface area (Å²) in [5.41, 5.74) is 2.09. The summed E-state index contributed by atoms with van der Waals surface area (Å²) < 4.78 is 11.0. The van der Waals surface area contributed by atoms with Gasteiger partial charge in [-0.25, -0.2) is 0 Å².